The molecule has 0 unspecified atom stereocenters. The lowest BCUT2D eigenvalue weighted by Gasteiger charge is -2.20. The molecule has 3 rings (SSSR count). The van der Waals surface area contributed by atoms with E-state index in [-0.39, 0.29) is 48.7 Å². The van der Waals surface area contributed by atoms with Crippen LogP contribution in [0.4, 0.5) is 23.7 Å². The van der Waals surface area contributed by atoms with Crippen LogP contribution in [0.15, 0.2) is 36.4 Å². The summed E-state index contributed by atoms with van der Waals surface area (Å²) in [6.07, 6.45) is -3.71. The van der Waals surface area contributed by atoms with Crippen LogP contribution in [0.2, 0.25) is 0 Å². The van der Waals surface area contributed by atoms with Crippen molar-refractivity contribution < 1.29 is 45.8 Å². The molecule has 1 aliphatic rings. The summed E-state index contributed by atoms with van der Waals surface area (Å²) in [5, 5.41) is 9.49. The summed E-state index contributed by atoms with van der Waals surface area (Å²) in [4.78, 5) is 25.5. The molecule has 0 aromatic heterocycles. The number of benzene rings is 2. The largest absolute Gasteiger partial charge is 0.573 e. The van der Waals surface area contributed by atoms with E-state index >= 15 is 0 Å². The van der Waals surface area contributed by atoms with Gasteiger partial charge in [0.2, 0.25) is 10.0 Å². The van der Waals surface area contributed by atoms with Crippen molar-refractivity contribution in [1.29, 1.82) is 0 Å². The zero-order valence-electron chi connectivity index (χ0n) is 20.0. The monoisotopic (exact) mass is 544 g/mol. The first-order valence-corrected chi connectivity index (χ1v) is 13.3. The van der Waals surface area contributed by atoms with E-state index in [4.69, 9.17) is 4.74 Å². The molecule has 2 N–H and O–H groups in total. The number of unbranched alkanes of at least 4 members (excludes halogenated alkanes) is 1. The van der Waals surface area contributed by atoms with Crippen molar-refractivity contribution in [2.24, 2.45) is 0 Å². The Bertz CT molecular complexity index is 1250. The third-order valence-corrected chi connectivity index (χ3v) is 6.19. The molecule has 0 saturated carbocycles. The maximum absolute atomic E-state index is 12.7. The number of Topliss-reactive ketones (excluding diaryl/α,β-unsaturated/α-hetero) is 1. The molecule has 0 radical (unpaired) electrons. The standard InChI is InChI=1S/C24H27F3N2O7S/c1-37(33,34)28-19-15-18(14-17-10-13-35-22(17)19)20(30)7-4-5-11-29(23(31)32)12-9-16-6-2-3-8-21(16)36-24(25,26)27/h2-3,6,8,14-15,28H,4-5,7,9-13H2,1H3,(H,31,32). The van der Waals surface area contributed by atoms with Crippen LogP contribution in [0, 0.1) is 0 Å². The number of fused-ring (bicyclic) bond motifs is 1. The SMILES string of the molecule is CS(=O)(=O)Nc1cc(C(=O)CCCCN(CCc2ccccc2OC(F)(F)F)C(=O)O)cc2c1OCC2. The minimum atomic E-state index is -4.86. The number of anilines is 1. The molecule has 2 aromatic rings. The molecule has 1 aliphatic heterocycles. The van der Waals surface area contributed by atoms with E-state index in [1.165, 1.54) is 30.3 Å². The number of nitrogens with zero attached hydrogens (tertiary/aromatic N) is 1. The Kier molecular flexibility index (Phi) is 8.89. The van der Waals surface area contributed by atoms with Gasteiger partial charge >= 0.3 is 12.5 Å². The maximum Gasteiger partial charge on any atom is 0.573 e. The summed E-state index contributed by atoms with van der Waals surface area (Å²) in [7, 11) is -3.58. The predicted molar refractivity (Wildman–Crippen MR) is 129 cm³/mol. The van der Waals surface area contributed by atoms with Crippen molar-refractivity contribution in [3.05, 3.63) is 53.1 Å². The summed E-state index contributed by atoms with van der Waals surface area (Å²) < 4.78 is 73.0. The summed E-state index contributed by atoms with van der Waals surface area (Å²) in [5.41, 5.74) is 1.48. The van der Waals surface area contributed by atoms with Crippen LogP contribution in [-0.2, 0) is 22.9 Å². The first-order chi connectivity index (χ1) is 17.3. The van der Waals surface area contributed by atoms with Gasteiger partial charge in [-0.05, 0) is 43.0 Å². The number of carboxylic acid groups (broad SMARTS) is 1. The second-order valence-electron chi connectivity index (χ2n) is 8.54. The molecule has 9 nitrogen and oxygen atoms in total. The summed E-state index contributed by atoms with van der Waals surface area (Å²) >= 11 is 0. The number of rotatable bonds is 12. The van der Waals surface area contributed by atoms with Gasteiger partial charge in [0.1, 0.15) is 11.5 Å². The number of carbonyl (C=O) groups is 2. The van der Waals surface area contributed by atoms with Crippen molar-refractivity contribution in [1.82, 2.24) is 4.90 Å². The third-order valence-electron chi connectivity index (χ3n) is 5.60. The number of halogens is 3. The smallest absolute Gasteiger partial charge is 0.491 e. The van der Waals surface area contributed by atoms with E-state index in [1.807, 2.05) is 0 Å². The van der Waals surface area contributed by atoms with Crippen LogP contribution in [0.5, 0.6) is 11.5 Å². The van der Waals surface area contributed by atoms with Crippen LogP contribution in [-0.4, -0.2) is 62.6 Å². The van der Waals surface area contributed by atoms with Crippen molar-refractivity contribution >= 4 is 27.6 Å². The topological polar surface area (TPSA) is 122 Å². The van der Waals surface area contributed by atoms with Gasteiger partial charge in [0.25, 0.3) is 0 Å². The quantitative estimate of drug-likeness (QED) is 0.299. The first kappa shape index (κ1) is 28.1. The molecule has 37 heavy (non-hydrogen) atoms. The summed E-state index contributed by atoms with van der Waals surface area (Å²) in [6, 6.07) is 8.64. The number of hydrogen-bond donors (Lipinski definition) is 2. The summed E-state index contributed by atoms with van der Waals surface area (Å²) in [5.74, 6) is -0.206. The van der Waals surface area contributed by atoms with E-state index in [0.717, 1.165) is 16.7 Å². The average molecular weight is 545 g/mol. The fraction of sp³-hybridized carbons (Fsp3) is 0.417. The van der Waals surface area contributed by atoms with Crippen LogP contribution >= 0.6 is 0 Å². The molecule has 1 amide bonds. The Morgan fingerprint density at radius 1 is 1.16 bits per heavy atom. The molecular weight excluding hydrogens is 517 g/mol. The van der Waals surface area contributed by atoms with Crippen LogP contribution < -0.4 is 14.2 Å². The van der Waals surface area contributed by atoms with Gasteiger partial charge < -0.3 is 19.5 Å². The predicted octanol–water partition coefficient (Wildman–Crippen LogP) is 4.47. The van der Waals surface area contributed by atoms with Gasteiger partial charge in [-0.15, -0.1) is 13.2 Å². The van der Waals surface area contributed by atoms with Crippen molar-refractivity contribution in [2.75, 3.05) is 30.7 Å². The van der Waals surface area contributed by atoms with E-state index in [0.29, 0.717) is 37.2 Å². The van der Waals surface area contributed by atoms with Crippen LogP contribution in [0.1, 0.15) is 40.7 Å². The highest BCUT2D eigenvalue weighted by molar-refractivity contribution is 7.92. The second-order valence-corrected chi connectivity index (χ2v) is 10.3. The minimum Gasteiger partial charge on any atom is -0.491 e. The molecular formula is C24H27F3N2O7S. The van der Waals surface area contributed by atoms with E-state index in [2.05, 4.69) is 9.46 Å². The Morgan fingerprint density at radius 3 is 2.57 bits per heavy atom. The second kappa shape index (κ2) is 11.7. The Balaban J connectivity index is 1.55. The van der Waals surface area contributed by atoms with Gasteiger partial charge in [0.05, 0.1) is 18.6 Å². The van der Waals surface area contributed by atoms with Gasteiger partial charge in [-0.1, -0.05) is 18.2 Å². The summed E-state index contributed by atoms with van der Waals surface area (Å²) in [6.45, 7) is 0.417. The minimum absolute atomic E-state index is 0.0186. The number of para-hydroxylation sites is 1. The van der Waals surface area contributed by atoms with E-state index < -0.39 is 22.5 Å². The Labute approximate surface area is 212 Å². The number of hydrogen-bond acceptors (Lipinski definition) is 6. The number of amides is 1. The zero-order chi connectivity index (χ0) is 27.2. The van der Waals surface area contributed by atoms with Crippen molar-refractivity contribution in [2.45, 2.75) is 38.5 Å². The fourth-order valence-electron chi connectivity index (χ4n) is 3.97. The number of alkyl halides is 3. The molecule has 0 aliphatic carbocycles. The Hall–Kier alpha value is -3.48. The van der Waals surface area contributed by atoms with Gasteiger partial charge in [0.15, 0.2) is 5.78 Å². The van der Waals surface area contributed by atoms with Gasteiger partial charge in [-0.25, -0.2) is 13.2 Å². The number of nitrogens with one attached hydrogen (secondary N) is 1. The van der Waals surface area contributed by atoms with Crippen LogP contribution in [0.3, 0.4) is 0 Å². The lowest BCUT2D eigenvalue weighted by Crippen LogP contribution is -2.32. The average Bonchev–Trinajstić information content (AvgIpc) is 3.26. The molecule has 2 aromatic carbocycles. The van der Waals surface area contributed by atoms with E-state index in [1.54, 1.807) is 6.07 Å². The molecule has 202 valence electrons. The zero-order valence-corrected chi connectivity index (χ0v) is 20.8. The van der Waals surface area contributed by atoms with E-state index in [9.17, 15) is 36.3 Å². The van der Waals surface area contributed by atoms with Gasteiger partial charge in [-0.2, -0.15) is 0 Å². The molecule has 0 bridgehead atoms. The lowest BCUT2D eigenvalue weighted by atomic mass is 10.0. The Morgan fingerprint density at radius 2 is 1.89 bits per heavy atom. The van der Waals surface area contributed by atoms with Gasteiger partial charge in [0, 0.05) is 37.1 Å². The highest BCUT2D eigenvalue weighted by Gasteiger charge is 2.32. The highest BCUT2D eigenvalue weighted by Crippen LogP contribution is 2.36. The number of ketones is 1. The van der Waals surface area contributed by atoms with Crippen molar-refractivity contribution in [3.63, 3.8) is 0 Å². The molecule has 0 atom stereocenters. The van der Waals surface area contributed by atoms with Crippen LogP contribution in [0.25, 0.3) is 0 Å². The number of ether oxygens (including phenoxy) is 2. The normalized spacial score (nSPS) is 13.0. The number of sulfonamides is 1. The molecule has 13 heteroatoms. The van der Waals surface area contributed by atoms with Gasteiger partial charge in [-0.3, -0.25) is 9.52 Å². The lowest BCUT2D eigenvalue weighted by molar-refractivity contribution is -0.274. The van der Waals surface area contributed by atoms with Crippen molar-refractivity contribution in [3.8, 4) is 11.5 Å². The maximum atomic E-state index is 12.7. The molecule has 0 fully saturated rings. The molecule has 0 saturated heterocycles. The highest BCUT2D eigenvalue weighted by atomic mass is 32.2. The fourth-order valence-corrected chi connectivity index (χ4v) is 4.52. The first-order valence-electron chi connectivity index (χ1n) is 11.4. The number of carbonyl (C=O) groups excluding carboxylic acids is 1. The molecule has 0 spiro atoms. The molecule has 1 heterocycles. The third kappa shape index (κ3) is 8.55.